The first-order chi connectivity index (χ1) is 10.7. The molecule has 0 saturated heterocycles. The maximum absolute atomic E-state index is 11.2. The first kappa shape index (κ1) is 18.2. The van der Waals surface area contributed by atoms with Crippen LogP contribution in [0.25, 0.3) is 0 Å². The average molecular weight is 323 g/mol. The van der Waals surface area contributed by atoms with E-state index in [1.54, 1.807) is 0 Å². The van der Waals surface area contributed by atoms with Gasteiger partial charge in [-0.15, -0.1) is 0 Å². The lowest BCUT2D eigenvalue weighted by Crippen LogP contribution is -2.26. The number of hydrogen-bond acceptors (Lipinski definition) is 6. The van der Waals surface area contributed by atoms with E-state index in [9.17, 15) is 19.5 Å². The van der Waals surface area contributed by atoms with Crippen molar-refractivity contribution in [2.45, 2.75) is 13.0 Å². The number of ether oxygens (including phenoxy) is 1. The number of carbonyl (C=O) groups is 3. The number of nitrogens with one attached hydrogen (secondary N) is 1. The number of carboxylic acids is 2. The van der Waals surface area contributed by atoms with Crippen LogP contribution in [0.2, 0.25) is 0 Å². The number of carboxylic acid groups (broad SMARTS) is 2. The van der Waals surface area contributed by atoms with E-state index in [4.69, 9.17) is 14.9 Å². The molecule has 0 aromatic heterocycles. The fourth-order valence-electron chi connectivity index (χ4n) is 1.61. The van der Waals surface area contributed by atoms with Gasteiger partial charge in [0.05, 0.1) is 11.1 Å². The van der Waals surface area contributed by atoms with Crippen LogP contribution in [-0.2, 0) is 9.53 Å². The van der Waals surface area contributed by atoms with Crippen molar-refractivity contribution in [2.75, 3.05) is 18.5 Å². The van der Waals surface area contributed by atoms with Crippen LogP contribution in [0, 0.1) is 0 Å². The van der Waals surface area contributed by atoms with E-state index in [1.807, 2.05) is 0 Å². The molecule has 0 bridgehead atoms. The summed E-state index contributed by atoms with van der Waals surface area (Å²) in [6.07, 6.45) is -1.02. The van der Waals surface area contributed by atoms with E-state index in [1.165, 1.54) is 13.0 Å². The van der Waals surface area contributed by atoms with Gasteiger partial charge in [0.25, 0.3) is 0 Å². The lowest BCUT2D eigenvalue weighted by molar-refractivity contribution is -0.141. The Labute approximate surface area is 132 Å². The molecule has 1 unspecified atom stereocenters. The number of hydrogen-bond donors (Lipinski definition) is 4. The summed E-state index contributed by atoms with van der Waals surface area (Å²) in [7, 11) is 0. The van der Waals surface area contributed by atoms with Gasteiger partial charge in [0, 0.05) is 17.8 Å². The largest absolute Gasteiger partial charge is 0.478 e. The monoisotopic (exact) mass is 323 g/mol. The summed E-state index contributed by atoms with van der Waals surface area (Å²) in [5.74, 6) is -3.34. The molecule has 1 atom stereocenters. The van der Waals surface area contributed by atoms with Gasteiger partial charge in [0.1, 0.15) is 12.7 Å². The summed E-state index contributed by atoms with van der Waals surface area (Å²) in [4.78, 5) is 33.1. The van der Waals surface area contributed by atoms with Crippen LogP contribution in [0.15, 0.2) is 30.4 Å². The van der Waals surface area contributed by atoms with Crippen molar-refractivity contribution in [3.63, 3.8) is 0 Å². The summed E-state index contributed by atoms with van der Waals surface area (Å²) >= 11 is 0. The fraction of sp³-hybridized carbons (Fsp3) is 0.267. The zero-order valence-electron chi connectivity index (χ0n) is 12.4. The van der Waals surface area contributed by atoms with Crippen molar-refractivity contribution >= 4 is 23.6 Å². The van der Waals surface area contributed by atoms with Gasteiger partial charge >= 0.3 is 17.9 Å². The van der Waals surface area contributed by atoms with Crippen molar-refractivity contribution in [3.8, 4) is 0 Å². The molecule has 0 radical (unpaired) electrons. The first-order valence-electron chi connectivity index (χ1n) is 6.57. The molecule has 0 aliphatic carbocycles. The molecule has 124 valence electrons. The molecule has 1 aromatic rings. The summed E-state index contributed by atoms with van der Waals surface area (Å²) in [5.41, 5.74) is -0.178. The molecule has 1 rings (SSSR count). The van der Waals surface area contributed by atoms with Gasteiger partial charge in [0.15, 0.2) is 0 Å². The highest BCUT2D eigenvalue weighted by Gasteiger charge is 2.16. The van der Waals surface area contributed by atoms with Gasteiger partial charge < -0.3 is 25.4 Å². The van der Waals surface area contributed by atoms with Crippen LogP contribution in [0.5, 0.6) is 0 Å². The molecule has 23 heavy (non-hydrogen) atoms. The number of aromatic carboxylic acids is 2. The second-order valence-electron chi connectivity index (χ2n) is 4.78. The molecular formula is C15H17NO7. The first-order valence-corrected chi connectivity index (χ1v) is 6.57. The van der Waals surface area contributed by atoms with Crippen LogP contribution in [0.3, 0.4) is 0 Å². The van der Waals surface area contributed by atoms with Crippen LogP contribution >= 0.6 is 0 Å². The molecule has 4 N–H and O–H groups in total. The Morgan fingerprint density at radius 1 is 1.22 bits per heavy atom. The molecular weight excluding hydrogens is 306 g/mol. The zero-order valence-corrected chi connectivity index (χ0v) is 12.4. The van der Waals surface area contributed by atoms with Crippen LogP contribution in [0.1, 0.15) is 27.6 Å². The third-order valence-electron chi connectivity index (χ3n) is 2.78. The number of anilines is 1. The molecule has 1 aromatic carbocycles. The average Bonchev–Trinajstić information content (AvgIpc) is 2.49. The minimum absolute atomic E-state index is 0.0189. The molecule has 8 heteroatoms. The van der Waals surface area contributed by atoms with Gasteiger partial charge in [-0.3, -0.25) is 0 Å². The molecule has 0 amide bonds. The Hall–Kier alpha value is -2.87. The van der Waals surface area contributed by atoms with Crippen molar-refractivity contribution in [2.24, 2.45) is 0 Å². The fourth-order valence-corrected chi connectivity index (χ4v) is 1.61. The maximum atomic E-state index is 11.2. The second-order valence-corrected chi connectivity index (χ2v) is 4.78. The predicted octanol–water partition coefficient (Wildman–Crippen LogP) is 0.975. The van der Waals surface area contributed by atoms with E-state index < -0.39 is 24.0 Å². The number of aliphatic hydroxyl groups is 1. The highest BCUT2D eigenvalue weighted by molar-refractivity contribution is 6.02. The minimum Gasteiger partial charge on any atom is -0.478 e. The van der Waals surface area contributed by atoms with Crippen molar-refractivity contribution in [1.29, 1.82) is 0 Å². The number of benzene rings is 1. The summed E-state index contributed by atoms with van der Waals surface area (Å²) in [6.45, 7) is 4.61. The normalized spacial score (nSPS) is 11.4. The highest BCUT2D eigenvalue weighted by atomic mass is 16.5. The molecule has 8 nitrogen and oxygen atoms in total. The predicted molar refractivity (Wildman–Crippen MR) is 80.6 cm³/mol. The Kier molecular flexibility index (Phi) is 6.28. The Morgan fingerprint density at radius 2 is 1.83 bits per heavy atom. The van der Waals surface area contributed by atoms with Crippen LogP contribution in [-0.4, -0.2) is 52.5 Å². The van der Waals surface area contributed by atoms with Crippen molar-refractivity contribution in [3.05, 3.63) is 41.5 Å². The number of carbonyl (C=O) groups excluding carboxylic acids is 1. The summed E-state index contributed by atoms with van der Waals surface area (Å²) < 4.78 is 4.77. The third kappa shape index (κ3) is 5.44. The van der Waals surface area contributed by atoms with E-state index >= 15 is 0 Å². The zero-order chi connectivity index (χ0) is 17.6. The lowest BCUT2D eigenvalue weighted by Gasteiger charge is -2.14. The minimum atomic E-state index is -1.37. The van der Waals surface area contributed by atoms with Gasteiger partial charge in [0.2, 0.25) is 0 Å². The molecule has 0 saturated carbocycles. The van der Waals surface area contributed by atoms with E-state index in [0.29, 0.717) is 5.69 Å². The standard InChI is InChI=1S/C15H17NO7/c1-8(2)15(22)23-7-10(17)6-16-9-3-4-11(13(18)19)12(5-9)14(20)21/h3-5,10,16-17H,1,6-7H2,2H3,(H,18,19)(H,20,21). The Bertz CT molecular complexity index is 639. The summed E-state index contributed by atoms with van der Waals surface area (Å²) in [6, 6.07) is 3.68. The van der Waals surface area contributed by atoms with Gasteiger partial charge in [-0.1, -0.05) is 6.58 Å². The van der Waals surface area contributed by atoms with E-state index in [0.717, 1.165) is 12.1 Å². The van der Waals surface area contributed by atoms with Crippen LogP contribution < -0.4 is 5.32 Å². The van der Waals surface area contributed by atoms with Gasteiger partial charge in [-0.2, -0.15) is 0 Å². The Morgan fingerprint density at radius 3 is 2.35 bits per heavy atom. The van der Waals surface area contributed by atoms with Crippen LogP contribution in [0.4, 0.5) is 5.69 Å². The van der Waals surface area contributed by atoms with E-state index in [-0.39, 0.29) is 29.9 Å². The highest BCUT2D eigenvalue weighted by Crippen LogP contribution is 2.16. The van der Waals surface area contributed by atoms with Gasteiger partial charge in [-0.25, -0.2) is 14.4 Å². The Balaban J connectivity index is 2.66. The number of rotatable bonds is 8. The maximum Gasteiger partial charge on any atom is 0.336 e. The quantitative estimate of drug-likeness (QED) is 0.411. The molecule has 0 fully saturated rings. The van der Waals surface area contributed by atoms with Crippen molar-refractivity contribution < 1.29 is 34.4 Å². The molecule has 0 heterocycles. The smallest absolute Gasteiger partial charge is 0.336 e. The third-order valence-corrected chi connectivity index (χ3v) is 2.78. The number of aliphatic hydroxyl groups excluding tert-OH is 1. The number of esters is 1. The van der Waals surface area contributed by atoms with Crippen molar-refractivity contribution in [1.82, 2.24) is 0 Å². The topological polar surface area (TPSA) is 133 Å². The lowest BCUT2D eigenvalue weighted by atomic mass is 10.1. The summed E-state index contributed by atoms with van der Waals surface area (Å²) in [5, 5.41) is 30.3. The second kappa shape index (κ2) is 7.95. The molecule has 0 aliphatic rings. The van der Waals surface area contributed by atoms with Gasteiger partial charge in [-0.05, 0) is 25.1 Å². The van der Waals surface area contributed by atoms with E-state index in [2.05, 4.69) is 11.9 Å². The SMILES string of the molecule is C=C(C)C(=O)OCC(O)CNc1ccc(C(=O)O)c(C(=O)O)c1. The molecule has 0 spiro atoms. The molecule has 0 aliphatic heterocycles.